The SMILES string of the molecule is CNC1CCCN(Cc2c(C)oc3ccccc23)C1.Cl. The van der Waals surface area contributed by atoms with Gasteiger partial charge in [-0.2, -0.15) is 0 Å². The summed E-state index contributed by atoms with van der Waals surface area (Å²) in [6.07, 6.45) is 2.57. The highest BCUT2D eigenvalue weighted by Gasteiger charge is 2.20. The molecule has 0 saturated carbocycles. The molecule has 1 saturated heterocycles. The molecule has 1 N–H and O–H groups in total. The molecule has 1 aromatic heterocycles. The molecule has 0 amide bonds. The summed E-state index contributed by atoms with van der Waals surface area (Å²) in [5, 5.41) is 4.67. The summed E-state index contributed by atoms with van der Waals surface area (Å²) in [7, 11) is 2.06. The highest BCUT2D eigenvalue weighted by Crippen LogP contribution is 2.27. The summed E-state index contributed by atoms with van der Waals surface area (Å²) < 4.78 is 5.85. The molecule has 1 atom stereocenters. The van der Waals surface area contributed by atoms with Crippen molar-refractivity contribution in [2.45, 2.75) is 32.4 Å². The average Bonchev–Trinajstić information content (AvgIpc) is 2.76. The van der Waals surface area contributed by atoms with E-state index >= 15 is 0 Å². The second-order valence-corrected chi connectivity index (χ2v) is 5.50. The number of hydrogen-bond donors (Lipinski definition) is 1. The van der Waals surface area contributed by atoms with Gasteiger partial charge in [0.25, 0.3) is 0 Å². The van der Waals surface area contributed by atoms with Crippen molar-refractivity contribution in [2.75, 3.05) is 20.1 Å². The highest BCUT2D eigenvalue weighted by molar-refractivity contribution is 5.85. The van der Waals surface area contributed by atoms with Gasteiger partial charge in [0.05, 0.1) is 0 Å². The molecular weight excluding hydrogens is 272 g/mol. The van der Waals surface area contributed by atoms with Gasteiger partial charge in [0.15, 0.2) is 0 Å². The third kappa shape index (κ3) is 3.00. The molecule has 1 aromatic carbocycles. The zero-order valence-corrected chi connectivity index (χ0v) is 13.0. The van der Waals surface area contributed by atoms with E-state index in [9.17, 15) is 0 Å². The Bertz CT molecular complexity index is 567. The molecule has 0 aliphatic carbocycles. The van der Waals surface area contributed by atoms with E-state index in [-0.39, 0.29) is 12.4 Å². The van der Waals surface area contributed by atoms with Crippen LogP contribution >= 0.6 is 12.4 Å². The number of likely N-dealkylation sites (tertiary alicyclic amines) is 1. The Morgan fingerprint density at radius 1 is 1.35 bits per heavy atom. The van der Waals surface area contributed by atoms with Crippen molar-refractivity contribution in [3.8, 4) is 0 Å². The van der Waals surface area contributed by atoms with Crippen LogP contribution in [-0.2, 0) is 6.54 Å². The molecule has 1 unspecified atom stereocenters. The molecule has 110 valence electrons. The second-order valence-electron chi connectivity index (χ2n) is 5.50. The van der Waals surface area contributed by atoms with Crippen LogP contribution in [0.5, 0.6) is 0 Å². The fourth-order valence-electron chi connectivity index (χ4n) is 3.08. The van der Waals surface area contributed by atoms with Crippen LogP contribution in [0.2, 0.25) is 0 Å². The number of nitrogens with one attached hydrogen (secondary N) is 1. The van der Waals surface area contributed by atoms with E-state index in [4.69, 9.17) is 4.42 Å². The maximum Gasteiger partial charge on any atom is 0.134 e. The molecule has 3 rings (SSSR count). The van der Waals surface area contributed by atoms with Crippen LogP contribution in [0.4, 0.5) is 0 Å². The highest BCUT2D eigenvalue weighted by atomic mass is 35.5. The summed E-state index contributed by atoms with van der Waals surface area (Å²) >= 11 is 0. The molecule has 4 heteroatoms. The first-order chi connectivity index (χ1) is 9.28. The number of benzene rings is 1. The lowest BCUT2D eigenvalue weighted by molar-refractivity contribution is 0.187. The van der Waals surface area contributed by atoms with Gasteiger partial charge in [-0.3, -0.25) is 4.90 Å². The van der Waals surface area contributed by atoms with E-state index in [0.717, 1.165) is 24.4 Å². The molecule has 0 spiro atoms. The molecule has 1 aliphatic heterocycles. The normalized spacial score (nSPS) is 20.0. The van der Waals surface area contributed by atoms with Gasteiger partial charge in [0, 0.05) is 30.1 Å². The van der Waals surface area contributed by atoms with Crippen LogP contribution in [0.1, 0.15) is 24.2 Å². The number of aryl methyl sites for hydroxylation is 1. The maximum absolute atomic E-state index is 5.85. The average molecular weight is 295 g/mol. The van der Waals surface area contributed by atoms with Crippen molar-refractivity contribution in [1.82, 2.24) is 10.2 Å². The summed E-state index contributed by atoms with van der Waals surface area (Å²) in [6.45, 7) is 5.41. The van der Waals surface area contributed by atoms with E-state index in [1.54, 1.807) is 0 Å². The van der Waals surface area contributed by atoms with Gasteiger partial charge < -0.3 is 9.73 Å². The van der Waals surface area contributed by atoms with Gasteiger partial charge in [-0.1, -0.05) is 18.2 Å². The molecule has 0 bridgehead atoms. The first-order valence-electron chi connectivity index (χ1n) is 7.14. The predicted octanol–water partition coefficient (Wildman–Crippen LogP) is 3.35. The fraction of sp³-hybridized carbons (Fsp3) is 0.500. The van der Waals surface area contributed by atoms with Gasteiger partial charge in [0.2, 0.25) is 0 Å². The lowest BCUT2D eigenvalue weighted by Gasteiger charge is -2.32. The zero-order chi connectivity index (χ0) is 13.2. The van der Waals surface area contributed by atoms with E-state index in [0.29, 0.717) is 6.04 Å². The van der Waals surface area contributed by atoms with Gasteiger partial charge in [0.1, 0.15) is 11.3 Å². The van der Waals surface area contributed by atoms with Crippen molar-refractivity contribution in [2.24, 2.45) is 0 Å². The van der Waals surface area contributed by atoms with Crippen LogP contribution in [0.3, 0.4) is 0 Å². The zero-order valence-electron chi connectivity index (χ0n) is 12.2. The van der Waals surface area contributed by atoms with Crippen LogP contribution in [0.15, 0.2) is 28.7 Å². The fourth-order valence-corrected chi connectivity index (χ4v) is 3.08. The predicted molar refractivity (Wildman–Crippen MR) is 85.6 cm³/mol. The van der Waals surface area contributed by atoms with Crippen LogP contribution in [-0.4, -0.2) is 31.1 Å². The first-order valence-corrected chi connectivity index (χ1v) is 7.14. The third-order valence-corrected chi connectivity index (χ3v) is 4.20. The number of halogens is 1. The number of nitrogens with zero attached hydrogens (tertiary/aromatic N) is 1. The van der Waals surface area contributed by atoms with Crippen molar-refractivity contribution >= 4 is 23.4 Å². The van der Waals surface area contributed by atoms with Crippen LogP contribution in [0, 0.1) is 6.92 Å². The maximum atomic E-state index is 5.85. The minimum absolute atomic E-state index is 0. The molecule has 1 fully saturated rings. The Balaban J connectivity index is 0.00000147. The largest absolute Gasteiger partial charge is 0.461 e. The monoisotopic (exact) mass is 294 g/mol. The van der Waals surface area contributed by atoms with E-state index in [2.05, 4.69) is 42.4 Å². The lowest BCUT2D eigenvalue weighted by Crippen LogP contribution is -2.43. The Labute approximate surface area is 126 Å². The molecule has 20 heavy (non-hydrogen) atoms. The van der Waals surface area contributed by atoms with Crippen molar-refractivity contribution in [3.63, 3.8) is 0 Å². The second kappa shape index (κ2) is 6.61. The number of fused-ring (bicyclic) bond motifs is 1. The summed E-state index contributed by atoms with van der Waals surface area (Å²) in [5.41, 5.74) is 2.37. The van der Waals surface area contributed by atoms with E-state index < -0.39 is 0 Å². The Morgan fingerprint density at radius 3 is 2.95 bits per heavy atom. The number of para-hydroxylation sites is 1. The van der Waals surface area contributed by atoms with Crippen LogP contribution in [0.25, 0.3) is 11.0 Å². The van der Waals surface area contributed by atoms with Crippen molar-refractivity contribution in [1.29, 1.82) is 0 Å². The quantitative estimate of drug-likeness (QED) is 0.941. The minimum Gasteiger partial charge on any atom is -0.461 e. The Kier molecular flexibility index (Phi) is 5.08. The van der Waals surface area contributed by atoms with Crippen molar-refractivity contribution in [3.05, 3.63) is 35.6 Å². The van der Waals surface area contributed by atoms with Crippen molar-refractivity contribution < 1.29 is 4.42 Å². The number of hydrogen-bond acceptors (Lipinski definition) is 3. The topological polar surface area (TPSA) is 28.4 Å². The molecular formula is C16H23ClN2O. The molecule has 0 radical (unpaired) electrons. The molecule has 2 heterocycles. The summed E-state index contributed by atoms with van der Waals surface area (Å²) in [4.78, 5) is 2.54. The summed E-state index contributed by atoms with van der Waals surface area (Å²) in [5.74, 6) is 1.06. The van der Waals surface area contributed by atoms with Crippen LogP contribution < -0.4 is 5.32 Å². The lowest BCUT2D eigenvalue weighted by atomic mass is 10.0. The standard InChI is InChI=1S/C16H22N2O.ClH/c1-12-15(14-7-3-4-8-16(14)19-12)11-18-9-5-6-13(10-18)17-2;/h3-4,7-8,13,17H,5-6,9-11H2,1-2H3;1H. The van der Waals surface area contributed by atoms with Gasteiger partial charge in [-0.15, -0.1) is 12.4 Å². The van der Waals surface area contributed by atoms with Gasteiger partial charge in [-0.05, 0) is 39.4 Å². The van der Waals surface area contributed by atoms with E-state index in [1.807, 2.05) is 6.07 Å². The Morgan fingerprint density at radius 2 is 2.15 bits per heavy atom. The smallest absolute Gasteiger partial charge is 0.134 e. The molecule has 1 aliphatic rings. The number of rotatable bonds is 3. The van der Waals surface area contributed by atoms with E-state index in [1.165, 1.54) is 30.3 Å². The number of furan rings is 1. The number of likely N-dealkylation sites (N-methyl/N-ethyl adjacent to an activating group) is 1. The summed E-state index contributed by atoms with van der Waals surface area (Å²) in [6, 6.07) is 8.98. The third-order valence-electron chi connectivity index (χ3n) is 4.20. The first kappa shape index (κ1) is 15.4. The van der Waals surface area contributed by atoms with Gasteiger partial charge in [-0.25, -0.2) is 0 Å². The minimum atomic E-state index is 0. The van der Waals surface area contributed by atoms with Gasteiger partial charge >= 0.3 is 0 Å². The Hall–Kier alpha value is -1.03. The molecule has 3 nitrogen and oxygen atoms in total. The number of piperidine rings is 1. The molecule has 2 aromatic rings.